The minimum Gasteiger partial charge on any atom is -0.461 e. The molecule has 6 N–H and O–H groups in total. The van der Waals surface area contributed by atoms with Crippen LogP contribution in [0.25, 0.3) is 0 Å². The number of primary amides is 1. The van der Waals surface area contributed by atoms with Crippen LogP contribution in [-0.4, -0.2) is 81.1 Å². The summed E-state index contributed by atoms with van der Waals surface area (Å²) in [4.78, 5) is 68.5. The van der Waals surface area contributed by atoms with Crippen molar-refractivity contribution in [3.05, 3.63) is 29.8 Å². The Balaban J connectivity index is 0. The standard InChI is InChI=1S/C25H37N3O8.C4H10N2O.C2H6/c1-17(2)24(28-22(31)10-12-35-14-13-34-11-9-18(3)29)25(33)26-15-23(32)27-21-7-5-20(6-8-21)16-36-19(4)30;1-2-3-6-4(5)7;1-2/h5-8,17,24H,9-16H2,1-4H3,(H,26,33)(H,27,32)(H,28,31);2-3H2,1H3,(H3,5,6,7);1-2H3. The number of nitrogens with two attached hydrogens (primary N) is 1. The van der Waals surface area contributed by atoms with Crippen molar-refractivity contribution in [2.24, 2.45) is 11.7 Å². The van der Waals surface area contributed by atoms with Crippen molar-refractivity contribution in [3.8, 4) is 0 Å². The molecule has 5 amide bonds. The average molecular weight is 640 g/mol. The van der Waals surface area contributed by atoms with Gasteiger partial charge < -0.3 is 41.2 Å². The largest absolute Gasteiger partial charge is 0.461 e. The molecule has 14 nitrogen and oxygen atoms in total. The Morgan fingerprint density at radius 3 is 1.87 bits per heavy atom. The molecule has 14 heteroatoms. The minimum atomic E-state index is -0.805. The number of hydrogen-bond acceptors (Lipinski definition) is 9. The first kappa shape index (κ1) is 43.1. The Hall–Kier alpha value is -4.04. The highest BCUT2D eigenvalue weighted by atomic mass is 16.5. The molecular formula is C31H53N5O9. The Bertz CT molecular complexity index is 1020. The van der Waals surface area contributed by atoms with Crippen LogP contribution < -0.4 is 27.0 Å². The minimum absolute atomic E-state index is 0.0563. The molecule has 45 heavy (non-hydrogen) atoms. The lowest BCUT2D eigenvalue weighted by Crippen LogP contribution is -2.51. The van der Waals surface area contributed by atoms with Crippen LogP contribution in [0.15, 0.2) is 24.3 Å². The van der Waals surface area contributed by atoms with Crippen molar-refractivity contribution in [1.82, 2.24) is 16.0 Å². The number of amides is 5. The van der Waals surface area contributed by atoms with Crippen molar-refractivity contribution in [2.45, 2.75) is 80.4 Å². The SMILES string of the molecule is CC.CC(=O)CCOCCOCCC(=O)NC(C(=O)NCC(=O)Nc1ccc(COC(C)=O)cc1)C(C)C.CCCNC(N)=O. The van der Waals surface area contributed by atoms with Gasteiger partial charge in [-0.1, -0.05) is 46.8 Å². The molecular weight excluding hydrogens is 586 g/mol. The lowest BCUT2D eigenvalue weighted by atomic mass is 10.0. The number of carbonyl (C=O) groups is 6. The highest BCUT2D eigenvalue weighted by molar-refractivity contribution is 5.96. The van der Waals surface area contributed by atoms with Crippen LogP contribution in [-0.2, 0) is 44.8 Å². The van der Waals surface area contributed by atoms with Gasteiger partial charge in [-0.25, -0.2) is 4.79 Å². The lowest BCUT2D eigenvalue weighted by molar-refractivity contribution is -0.142. The summed E-state index contributed by atoms with van der Waals surface area (Å²) in [5.41, 5.74) is 6.03. The van der Waals surface area contributed by atoms with Crippen LogP contribution in [0.4, 0.5) is 10.5 Å². The molecule has 256 valence electrons. The number of esters is 1. The van der Waals surface area contributed by atoms with E-state index in [0.717, 1.165) is 12.0 Å². The van der Waals surface area contributed by atoms with Gasteiger partial charge in [0, 0.05) is 32.0 Å². The summed E-state index contributed by atoms with van der Waals surface area (Å²) in [7, 11) is 0. The molecule has 0 heterocycles. The zero-order valence-electron chi connectivity index (χ0n) is 27.8. The fraction of sp³-hybridized carbons (Fsp3) is 0.613. The highest BCUT2D eigenvalue weighted by Crippen LogP contribution is 2.10. The molecule has 0 aliphatic rings. The first-order valence-corrected chi connectivity index (χ1v) is 15.1. The summed E-state index contributed by atoms with van der Waals surface area (Å²) < 4.78 is 15.5. The number of rotatable bonds is 19. The second-order valence-corrected chi connectivity index (χ2v) is 9.75. The van der Waals surface area contributed by atoms with E-state index in [4.69, 9.17) is 19.9 Å². The van der Waals surface area contributed by atoms with Gasteiger partial charge in [0.1, 0.15) is 18.4 Å². The van der Waals surface area contributed by atoms with E-state index in [1.54, 1.807) is 38.1 Å². The molecule has 0 spiro atoms. The van der Waals surface area contributed by atoms with Crippen LogP contribution in [0.3, 0.4) is 0 Å². The molecule has 0 saturated carbocycles. The number of anilines is 1. The van der Waals surface area contributed by atoms with E-state index in [0.29, 0.717) is 38.5 Å². The Kier molecular flexibility index (Phi) is 26.3. The van der Waals surface area contributed by atoms with Crippen LogP contribution >= 0.6 is 0 Å². The number of carbonyl (C=O) groups excluding carboxylic acids is 6. The quantitative estimate of drug-likeness (QED) is 0.111. The summed E-state index contributed by atoms with van der Waals surface area (Å²) in [6, 6.07) is 5.51. The van der Waals surface area contributed by atoms with Gasteiger partial charge in [0.25, 0.3) is 0 Å². The van der Waals surface area contributed by atoms with Crippen molar-refractivity contribution in [2.75, 3.05) is 44.8 Å². The van der Waals surface area contributed by atoms with Gasteiger partial charge in [-0.2, -0.15) is 0 Å². The summed E-state index contributed by atoms with van der Waals surface area (Å²) in [6.45, 7) is 14.0. The summed E-state index contributed by atoms with van der Waals surface area (Å²) in [5, 5.41) is 10.3. The average Bonchev–Trinajstić information content (AvgIpc) is 2.99. The maximum Gasteiger partial charge on any atom is 0.312 e. The second kappa shape index (κ2) is 27.5. The van der Waals surface area contributed by atoms with Gasteiger partial charge in [0.2, 0.25) is 17.7 Å². The highest BCUT2D eigenvalue weighted by Gasteiger charge is 2.24. The van der Waals surface area contributed by atoms with Gasteiger partial charge in [-0.3, -0.25) is 24.0 Å². The van der Waals surface area contributed by atoms with Crippen molar-refractivity contribution >= 4 is 41.2 Å². The Labute approximate surface area is 266 Å². The summed E-state index contributed by atoms with van der Waals surface area (Å²) in [5.74, 6) is -1.76. The fourth-order valence-corrected chi connectivity index (χ4v) is 3.08. The van der Waals surface area contributed by atoms with Crippen molar-refractivity contribution in [1.29, 1.82) is 0 Å². The normalized spacial score (nSPS) is 10.6. The molecule has 1 aromatic carbocycles. The van der Waals surface area contributed by atoms with E-state index < -0.39 is 23.9 Å². The lowest BCUT2D eigenvalue weighted by Gasteiger charge is -2.21. The number of urea groups is 1. The first-order valence-electron chi connectivity index (χ1n) is 15.1. The van der Waals surface area contributed by atoms with Crippen molar-refractivity contribution < 1.29 is 43.0 Å². The molecule has 0 radical (unpaired) electrons. The fourth-order valence-electron chi connectivity index (χ4n) is 3.08. The zero-order valence-corrected chi connectivity index (χ0v) is 27.8. The van der Waals surface area contributed by atoms with E-state index in [9.17, 15) is 28.8 Å². The van der Waals surface area contributed by atoms with Gasteiger partial charge in [-0.15, -0.1) is 0 Å². The number of Topliss-reactive ketones (excluding diaryl/α,β-unsaturated/α-hetero) is 1. The summed E-state index contributed by atoms with van der Waals surface area (Å²) in [6.07, 6.45) is 1.36. The molecule has 1 rings (SSSR count). The van der Waals surface area contributed by atoms with E-state index in [1.807, 2.05) is 20.8 Å². The van der Waals surface area contributed by atoms with Crippen molar-refractivity contribution in [3.63, 3.8) is 0 Å². The van der Waals surface area contributed by atoms with Crippen LogP contribution in [0.1, 0.15) is 73.3 Å². The summed E-state index contributed by atoms with van der Waals surface area (Å²) >= 11 is 0. The van der Waals surface area contributed by atoms with E-state index in [1.165, 1.54) is 13.8 Å². The monoisotopic (exact) mass is 639 g/mol. The van der Waals surface area contributed by atoms with Gasteiger partial charge in [0.15, 0.2) is 0 Å². The third-order valence-electron chi connectivity index (χ3n) is 5.36. The molecule has 1 unspecified atom stereocenters. The Morgan fingerprint density at radius 1 is 0.822 bits per heavy atom. The van der Waals surface area contributed by atoms with E-state index in [-0.39, 0.29) is 49.8 Å². The maximum absolute atomic E-state index is 12.6. The van der Waals surface area contributed by atoms with Crippen LogP contribution in [0.2, 0.25) is 0 Å². The molecule has 0 bridgehead atoms. The van der Waals surface area contributed by atoms with Gasteiger partial charge in [-0.05, 0) is 37.0 Å². The number of ketones is 1. The number of benzene rings is 1. The number of ether oxygens (including phenoxy) is 3. The predicted octanol–water partition coefficient (Wildman–Crippen LogP) is 2.44. The molecule has 0 aliphatic heterocycles. The number of nitrogens with one attached hydrogen (secondary N) is 4. The molecule has 1 atom stereocenters. The maximum atomic E-state index is 12.6. The van der Waals surface area contributed by atoms with E-state index in [2.05, 4.69) is 21.3 Å². The predicted molar refractivity (Wildman–Crippen MR) is 171 cm³/mol. The second-order valence-electron chi connectivity index (χ2n) is 9.75. The molecule has 1 aromatic rings. The van der Waals surface area contributed by atoms with E-state index >= 15 is 0 Å². The topological polar surface area (TPSA) is 204 Å². The van der Waals surface area contributed by atoms with Crippen LogP contribution in [0, 0.1) is 5.92 Å². The van der Waals surface area contributed by atoms with Crippen LogP contribution in [0.5, 0.6) is 0 Å². The molecule has 0 aromatic heterocycles. The number of hydrogen-bond donors (Lipinski definition) is 5. The molecule has 0 aliphatic carbocycles. The Morgan fingerprint density at radius 2 is 1.40 bits per heavy atom. The molecule has 0 fully saturated rings. The van der Waals surface area contributed by atoms with Gasteiger partial charge in [0.05, 0.1) is 33.0 Å². The smallest absolute Gasteiger partial charge is 0.312 e. The van der Waals surface area contributed by atoms with Gasteiger partial charge >= 0.3 is 12.0 Å². The third-order valence-corrected chi connectivity index (χ3v) is 5.36. The zero-order chi connectivity index (χ0) is 34.6. The first-order chi connectivity index (χ1) is 21.3. The third kappa shape index (κ3) is 26.1. The molecule has 0 saturated heterocycles.